The van der Waals surface area contributed by atoms with Crippen molar-refractivity contribution in [3.05, 3.63) is 5.89 Å². The van der Waals surface area contributed by atoms with Crippen LogP contribution in [0.3, 0.4) is 0 Å². The predicted octanol–water partition coefficient (Wildman–Crippen LogP) is 1.59. The zero-order chi connectivity index (χ0) is 12.1. The molecule has 5 nitrogen and oxygen atoms in total. The predicted molar refractivity (Wildman–Crippen MR) is 66.9 cm³/mol. The van der Waals surface area contributed by atoms with Crippen LogP contribution in [0.25, 0.3) is 0 Å². The van der Waals surface area contributed by atoms with Crippen LogP contribution < -0.4 is 10.6 Å². The molecule has 2 rings (SSSR count). The van der Waals surface area contributed by atoms with Gasteiger partial charge in [0.1, 0.15) is 0 Å². The first-order chi connectivity index (χ1) is 8.33. The van der Waals surface area contributed by atoms with E-state index in [1.54, 1.807) is 0 Å². The maximum absolute atomic E-state index is 5.61. The second-order valence-corrected chi connectivity index (χ2v) is 4.71. The number of nitrogens with two attached hydrogens (primary N) is 1. The summed E-state index contributed by atoms with van der Waals surface area (Å²) in [4.78, 5) is 2.21. The molecule has 2 N–H and O–H groups in total. The van der Waals surface area contributed by atoms with E-state index in [2.05, 4.69) is 22.0 Å². The van der Waals surface area contributed by atoms with Crippen LogP contribution in [0.1, 0.15) is 38.5 Å². The van der Waals surface area contributed by atoms with Gasteiger partial charge in [-0.2, -0.15) is 0 Å². The fourth-order valence-corrected chi connectivity index (χ4v) is 2.36. The Morgan fingerprint density at radius 1 is 1.35 bits per heavy atom. The number of nitrogens with zero attached hydrogens (tertiary/aromatic N) is 3. The second-order valence-electron chi connectivity index (χ2n) is 4.71. The highest BCUT2D eigenvalue weighted by atomic mass is 16.4. The van der Waals surface area contributed by atoms with Gasteiger partial charge in [-0.1, -0.05) is 18.4 Å². The average molecular weight is 238 g/mol. The molecule has 1 aliphatic rings. The maximum atomic E-state index is 5.61. The van der Waals surface area contributed by atoms with Crippen LogP contribution in [0.15, 0.2) is 4.42 Å². The Kier molecular flexibility index (Phi) is 4.36. The molecule has 1 atom stereocenters. The molecule has 5 heteroatoms. The minimum atomic E-state index is 0.555. The molecule has 1 fully saturated rings. The van der Waals surface area contributed by atoms with Crippen molar-refractivity contribution < 1.29 is 4.42 Å². The highest BCUT2D eigenvalue weighted by Gasteiger charge is 2.19. The van der Waals surface area contributed by atoms with Crippen LogP contribution in [0.4, 0.5) is 6.01 Å². The summed E-state index contributed by atoms with van der Waals surface area (Å²) >= 11 is 0. The molecule has 0 aromatic carbocycles. The van der Waals surface area contributed by atoms with Gasteiger partial charge in [-0.05, 0) is 25.2 Å². The molecule has 96 valence electrons. The van der Waals surface area contributed by atoms with Gasteiger partial charge in [0.15, 0.2) is 0 Å². The third-order valence-electron chi connectivity index (χ3n) is 3.51. The second kappa shape index (κ2) is 6.00. The van der Waals surface area contributed by atoms with E-state index in [1.165, 1.54) is 25.7 Å². The quantitative estimate of drug-likeness (QED) is 0.862. The van der Waals surface area contributed by atoms with E-state index in [1.807, 2.05) is 0 Å². The SMILES string of the molecule is CCC1CCCN(c2nnc(CCN)o2)CC1. The van der Waals surface area contributed by atoms with Gasteiger partial charge >= 0.3 is 6.01 Å². The van der Waals surface area contributed by atoms with E-state index in [-0.39, 0.29) is 0 Å². The zero-order valence-corrected chi connectivity index (χ0v) is 10.6. The Balaban J connectivity index is 1.96. The van der Waals surface area contributed by atoms with Crippen molar-refractivity contribution in [3.63, 3.8) is 0 Å². The first-order valence-corrected chi connectivity index (χ1v) is 6.61. The normalized spacial score (nSPS) is 21.5. The largest absolute Gasteiger partial charge is 0.408 e. The molecule has 17 heavy (non-hydrogen) atoms. The van der Waals surface area contributed by atoms with Gasteiger partial charge in [0.05, 0.1) is 0 Å². The standard InChI is InChI=1S/C12H22N4O/c1-2-10-4-3-8-16(9-6-10)12-15-14-11(17-12)5-7-13/h10H,2-9,13H2,1H3. The van der Waals surface area contributed by atoms with Crippen molar-refractivity contribution in [1.29, 1.82) is 0 Å². The van der Waals surface area contributed by atoms with Gasteiger partial charge in [-0.25, -0.2) is 0 Å². The Morgan fingerprint density at radius 2 is 2.24 bits per heavy atom. The molecule has 1 unspecified atom stereocenters. The zero-order valence-electron chi connectivity index (χ0n) is 10.6. The summed E-state index contributed by atoms with van der Waals surface area (Å²) < 4.78 is 5.61. The summed E-state index contributed by atoms with van der Waals surface area (Å²) in [6.07, 6.45) is 5.70. The minimum absolute atomic E-state index is 0.555. The molecule has 1 aromatic heterocycles. The third-order valence-corrected chi connectivity index (χ3v) is 3.51. The van der Waals surface area contributed by atoms with Crippen LogP contribution in [0.5, 0.6) is 0 Å². The number of hydrogen-bond donors (Lipinski definition) is 1. The Bertz CT molecular complexity index is 339. The third kappa shape index (κ3) is 3.19. The first-order valence-electron chi connectivity index (χ1n) is 6.61. The Labute approximate surface area is 102 Å². The molecule has 0 spiro atoms. The summed E-state index contributed by atoms with van der Waals surface area (Å²) in [5.41, 5.74) is 5.47. The van der Waals surface area contributed by atoms with Crippen LogP contribution in [-0.2, 0) is 6.42 Å². The lowest BCUT2D eigenvalue weighted by atomic mass is 9.98. The molecule has 0 aliphatic carbocycles. The van der Waals surface area contributed by atoms with E-state index >= 15 is 0 Å². The number of rotatable bonds is 4. The van der Waals surface area contributed by atoms with Crippen LogP contribution in [0.2, 0.25) is 0 Å². The molecule has 2 heterocycles. The van der Waals surface area contributed by atoms with Crippen molar-refractivity contribution in [1.82, 2.24) is 10.2 Å². The van der Waals surface area contributed by atoms with Crippen molar-refractivity contribution in [2.75, 3.05) is 24.5 Å². The van der Waals surface area contributed by atoms with Crippen molar-refractivity contribution in [2.45, 2.75) is 39.0 Å². The van der Waals surface area contributed by atoms with E-state index in [0.717, 1.165) is 19.0 Å². The molecular formula is C12H22N4O. The van der Waals surface area contributed by atoms with Crippen LogP contribution in [0, 0.1) is 5.92 Å². The van der Waals surface area contributed by atoms with Gasteiger partial charge in [0.2, 0.25) is 5.89 Å². The fraction of sp³-hybridized carbons (Fsp3) is 0.833. The highest BCUT2D eigenvalue weighted by Crippen LogP contribution is 2.23. The van der Waals surface area contributed by atoms with Crippen LogP contribution in [-0.4, -0.2) is 29.8 Å². The topological polar surface area (TPSA) is 68.2 Å². The van der Waals surface area contributed by atoms with Gasteiger partial charge in [-0.3, -0.25) is 0 Å². The van der Waals surface area contributed by atoms with Gasteiger partial charge in [0.25, 0.3) is 0 Å². The lowest BCUT2D eigenvalue weighted by Crippen LogP contribution is -2.24. The fourth-order valence-electron chi connectivity index (χ4n) is 2.36. The first kappa shape index (κ1) is 12.4. The lowest BCUT2D eigenvalue weighted by molar-refractivity contribution is 0.456. The lowest BCUT2D eigenvalue weighted by Gasteiger charge is -2.17. The smallest absolute Gasteiger partial charge is 0.318 e. The van der Waals surface area contributed by atoms with Gasteiger partial charge < -0.3 is 15.1 Å². The van der Waals surface area contributed by atoms with Crippen LogP contribution >= 0.6 is 0 Å². The number of aromatic nitrogens is 2. The molecule has 0 radical (unpaired) electrons. The summed E-state index contributed by atoms with van der Waals surface area (Å²) in [5, 5.41) is 8.12. The summed E-state index contributed by atoms with van der Waals surface area (Å²) in [5.74, 6) is 1.50. The van der Waals surface area contributed by atoms with Gasteiger partial charge in [-0.15, -0.1) is 5.10 Å². The number of hydrogen-bond acceptors (Lipinski definition) is 5. The maximum Gasteiger partial charge on any atom is 0.318 e. The Hall–Kier alpha value is -1.10. The summed E-state index contributed by atoms with van der Waals surface area (Å²) in [6, 6.07) is 0.671. The summed E-state index contributed by atoms with van der Waals surface area (Å²) in [6.45, 7) is 4.88. The van der Waals surface area contributed by atoms with Crippen molar-refractivity contribution in [2.24, 2.45) is 11.7 Å². The van der Waals surface area contributed by atoms with Crippen molar-refractivity contribution in [3.8, 4) is 0 Å². The monoisotopic (exact) mass is 238 g/mol. The van der Waals surface area contributed by atoms with Crippen molar-refractivity contribution >= 4 is 6.01 Å². The molecule has 0 bridgehead atoms. The van der Waals surface area contributed by atoms with E-state index in [9.17, 15) is 0 Å². The number of anilines is 1. The average Bonchev–Trinajstić information content (AvgIpc) is 2.67. The van der Waals surface area contributed by atoms with E-state index in [0.29, 0.717) is 24.9 Å². The molecule has 1 saturated heterocycles. The summed E-state index contributed by atoms with van der Waals surface area (Å²) in [7, 11) is 0. The molecule has 0 saturated carbocycles. The molecule has 1 aliphatic heterocycles. The molecule has 1 aromatic rings. The van der Waals surface area contributed by atoms with E-state index < -0.39 is 0 Å². The minimum Gasteiger partial charge on any atom is -0.408 e. The molecule has 0 amide bonds. The highest BCUT2D eigenvalue weighted by molar-refractivity contribution is 5.24. The van der Waals surface area contributed by atoms with E-state index in [4.69, 9.17) is 10.2 Å². The van der Waals surface area contributed by atoms with Gasteiger partial charge in [0, 0.05) is 26.1 Å². The molecular weight excluding hydrogens is 216 g/mol. The Morgan fingerprint density at radius 3 is 3.00 bits per heavy atom.